The van der Waals surface area contributed by atoms with Gasteiger partial charge in [-0.3, -0.25) is 0 Å². The van der Waals surface area contributed by atoms with Crippen molar-refractivity contribution in [3.8, 4) is 0 Å². The standard InChI is InChI=1S/C10H18O/c1-8-6-5-7-10(2,3)9(8)11-4/h5-7H2,1-4H3. The van der Waals surface area contributed by atoms with Gasteiger partial charge < -0.3 is 4.74 Å². The molecule has 0 saturated heterocycles. The van der Waals surface area contributed by atoms with Gasteiger partial charge in [-0.1, -0.05) is 13.8 Å². The minimum Gasteiger partial charge on any atom is -0.501 e. The van der Waals surface area contributed by atoms with Gasteiger partial charge in [0.15, 0.2) is 0 Å². The van der Waals surface area contributed by atoms with Crippen LogP contribution in [0.1, 0.15) is 40.0 Å². The highest BCUT2D eigenvalue weighted by molar-refractivity contribution is 5.16. The predicted molar refractivity (Wildman–Crippen MR) is 47.3 cm³/mol. The first-order valence-electron chi connectivity index (χ1n) is 4.32. The van der Waals surface area contributed by atoms with Gasteiger partial charge in [0, 0.05) is 5.41 Å². The van der Waals surface area contributed by atoms with Gasteiger partial charge in [0.25, 0.3) is 0 Å². The normalized spacial score (nSPS) is 23.6. The fraction of sp³-hybridized carbons (Fsp3) is 0.800. The molecule has 0 amide bonds. The molecule has 1 aliphatic rings. The summed E-state index contributed by atoms with van der Waals surface area (Å²) in [6, 6.07) is 0. The second kappa shape index (κ2) is 2.88. The third-order valence-electron chi connectivity index (χ3n) is 2.56. The number of ether oxygens (including phenoxy) is 1. The Morgan fingerprint density at radius 1 is 1.36 bits per heavy atom. The number of rotatable bonds is 1. The summed E-state index contributed by atoms with van der Waals surface area (Å²) >= 11 is 0. The summed E-state index contributed by atoms with van der Waals surface area (Å²) in [5.74, 6) is 1.21. The van der Waals surface area contributed by atoms with Crippen molar-refractivity contribution in [2.75, 3.05) is 7.11 Å². The maximum absolute atomic E-state index is 5.40. The van der Waals surface area contributed by atoms with Crippen molar-refractivity contribution in [1.82, 2.24) is 0 Å². The maximum atomic E-state index is 5.40. The minimum atomic E-state index is 0.275. The first-order valence-corrected chi connectivity index (χ1v) is 4.32. The first-order chi connectivity index (χ1) is 5.08. The zero-order valence-electron chi connectivity index (χ0n) is 8.03. The van der Waals surface area contributed by atoms with Crippen molar-refractivity contribution in [3.63, 3.8) is 0 Å². The molecule has 0 saturated carbocycles. The molecule has 0 aromatic rings. The molecular formula is C10H18O. The molecule has 1 nitrogen and oxygen atoms in total. The first kappa shape index (κ1) is 8.63. The van der Waals surface area contributed by atoms with Crippen LogP contribution in [0.15, 0.2) is 11.3 Å². The number of hydrogen-bond acceptors (Lipinski definition) is 1. The smallest absolute Gasteiger partial charge is 0.100 e. The van der Waals surface area contributed by atoms with Crippen LogP contribution < -0.4 is 0 Å². The second-order valence-electron chi connectivity index (χ2n) is 4.05. The van der Waals surface area contributed by atoms with E-state index in [0.29, 0.717) is 0 Å². The van der Waals surface area contributed by atoms with Crippen molar-refractivity contribution in [1.29, 1.82) is 0 Å². The molecular weight excluding hydrogens is 136 g/mol. The van der Waals surface area contributed by atoms with Gasteiger partial charge in [-0.15, -0.1) is 0 Å². The summed E-state index contributed by atoms with van der Waals surface area (Å²) in [7, 11) is 1.78. The Morgan fingerprint density at radius 2 is 2.00 bits per heavy atom. The highest BCUT2D eigenvalue weighted by atomic mass is 16.5. The fourth-order valence-corrected chi connectivity index (χ4v) is 2.05. The molecule has 11 heavy (non-hydrogen) atoms. The van der Waals surface area contributed by atoms with Crippen LogP contribution in [0, 0.1) is 5.41 Å². The molecule has 0 radical (unpaired) electrons. The number of methoxy groups -OCH3 is 1. The van der Waals surface area contributed by atoms with Crippen molar-refractivity contribution in [2.24, 2.45) is 5.41 Å². The van der Waals surface area contributed by atoms with E-state index in [1.807, 2.05) is 0 Å². The molecule has 0 aromatic carbocycles. The topological polar surface area (TPSA) is 9.23 Å². The van der Waals surface area contributed by atoms with Crippen molar-refractivity contribution in [2.45, 2.75) is 40.0 Å². The van der Waals surface area contributed by atoms with E-state index in [-0.39, 0.29) is 5.41 Å². The summed E-state index contributed by atoms with van der Waals surface area (Å²) in [6.45, 7) is 6.70. The Morgan fingerprint density at radius 3 is 2.36 bits per heavy atom. The van der Waals surface area contributed by atoms with E-state index in [2.05, 4.69) is 20.8 Å². The van der Waals surface area contributed by atoms with Gasteiger partial charge in [-0.05, 0) is 31.8 Å². The van der Waals surface area contributed by atoms with E-state index < -0.39 is 0 Å². The number of allylic oxidation sites excluding steroid dienone is 2. The number of hydrogen-bond donors (Lipinski definition) is 0. The Hall–Kier alpha value is -0.460. The molecule has 0 aliphatic heterocycles. The fourth-order valence-electron chi connectivity index (χ4n) is 2.05. The molecule has 0 unspecified atom stereocenters. The van der Waals surface area contributed by atoms with Gasteiger partial charge >= 0.3 is 0 Å². The van der Waals surface area contributed by atoms with Gasteiger partial charge in [-0.25, -0.2) is 0 Å². The van der Waals surface area contributed by atoms with Crippen LogP contribution in [0.2, 0.25) is 0 Å². The zero-order chi connectivity index (χ0) is 8.48. The third kappa shape index (κ3) is 1.58. The second-order valence-corrected chi connectivity index (χ2v) is 4.05. The average Bonchev–Trinajstić information content (AvgIpc) is 1.86. The van der Waals surface area contributed by atoms with Crippen molar-refractivity contribution >= 4 is 0 Å². The predicted octanol–water partition coefficient (Wildman–Crippen LogP) is 3.12. The Balaban J connectivity index is 2.92. The average molecular weight is 154 g/mol. The van der Waals surface area contributed by atoms with Crippen LogP contribution in [0.3, 0.4) is 0 Å². The monoisotopic (exact) mass is 154 g/mol. The van der Waals surface area contributed by atoms with E-state index in [4.69, 9.17) is 4.74 Å². The molecule has 0 atom stereocenters. The van der Waals surface area contributed by atoms with Crippen LogP contribution in [-0.2, 0) is 4.74 Å². The maximum Gasteiger partial charge on any atom is 0.100 e. The Kier molecular flexibility index (Phi) is 2.26. The van der Waals surface area contributed by atoms with E-state index in [0.717, 1.165) is 0 Å². The minimum absolute atomic E-state index is 0.275. The van der Waals surface area contributed by atoms with Crippen LogP contribution >= 0.6 is 0 Å². The van der Waals surface area contributed by atoms with Gasteiger partial charge in [-0.2, -0.15) is 0 Å². The van der Waals surface area contributed by atoms with Gasteiger partial charge in [0.1, 0.15) is 5.76 Å². The highest BCUT2D eigenvalue weighted by Gasteiger charge is 2.29. The van der Waals surface area contributed by atoms with Crippen molar-refractivity contribution < 1.29 is 4.74 Å². The molecule has 0 heterocycles. The summed E-state index contributed by atoms with van der Waals surface area (Å²) in [5, 5.41) is 0. The summed E-state index contributed by atoms with van der Waals surface area (Å²) in [4.78, 5) is 0. The molecule has 1 rings (SSSR count). The quantitative estimate of drug-likeness (QED) is 0.564. The molecule has 1 aliphatic carbocycles. The molecule has 64 valence electrons. The highest BCUT2D eigenvalue weighted by Crippen LogP contribution is 2.39. The van der Waals surface area contributed by atoms with Gasteiger partial charge in [0.05, 0.1) is 7.11 Å². The lowest BCUT2D eigenvalue weighted by molar-refractivity contribution is 0.167. The largest absolute Gasteiger partial charge is 0.501 e. The molecule has 0 bridgehead atoms. The van der Waals surface area contributed by atoms with E-state index >= 15 is 0 Å². The third-order valence-corrected chi connectivity index (χ3v) is 2.56. The molecule has 0 N–H and O–H groups in total. The lowest BCUT2D eigenvalue weighted by atomic mass is 9.78. The molecule has 0 fully saturated rings. The molecule has 0 spiro atoms. The van der Waals surface area contributed by atoms with Crippen LogP contribution in [0.5, 0.6) is 0 Å². The Labute approximate surface area is 69.4 Å². The van der Waals surface area contributed by atoms with E-state index in [9.17, 15) is 0 Å². The zero-order valence-corrected chi connectivity index (χ0v) is 8.03. The lowest BCUT2D eigenvalue weighted by Crippen LogP contribution is -2.21. The lowest BCUT2D eigenvalue weighted by Gasteiger charge is -2.32. The van der Waals surface area contributed by atoms with Crippen LogP contribution in [-0.4, -0.2) is 7.11 Å². The van der Waals surface area contributed by atoms with E-state index in [1.54, 1.807) is 7.11 Å². The molecule has 0 aromatic heterocycles. The summed E-state index contributed by atoms with van der Waals surface area (Å²) < 4.78 is 5.40. The van der Waals surface area contributed by atoms with Crippen molar-refractivity contribution in [3.05, 3.63) is 11.3 Å². The van der Waals surface area contributed by atoms with Crippen LogP contribution in [0.25, 0.3) is 0 Å². The SMILES string of the molecule is COC1=C(C)CCCC1(C)C. The summed E-state index contributed by atoms with van der Waals surface area (Å²) in [6.07, 6.45) is 3.78. The van der Waals surface area contributed by atoms with Crippen LogP contribution in [0.4, 0.5) is 0 Å². The Bertz CT molecular complexity index is 177. The van der Waals surface area contributed by atoms with E-state index in [1.165, 1.54) is 30.6 Å². The molecule has 1 heteroatoms. The van der Waals surface area contributed by atoms with Gasteiger partial charge in [0.2, 0.25) is 0 Å². The summed E-state index contributed by atoms with van der Waals surface area (Å²) in [5.41, 5.74) is 1.71.